The van der Waals surface area contributed by atoms with Gasteiger partial charge in [0.25, 0.3) is 5.91 Å². The summed E-state index contributed by atoms with van der Waals surface area (Å²) in [4.78, 5) is 19.5. The molecule has 0 spiro atoms. The van der Waals surface area contributed by atoms with Crippen LogP contribution in [0.25, 0.3) is 0 Å². The van der Waals surface area contributed by atoms with E-state index in [1.807, 2.05) is 6.92 Å². The van der Waals surface area contributed by atoms with Crippen LogP contribution in [0.5, 0.6) is 5.75 Å². The Labute approximate surface area is 104 Å². The van der Waals surface area contributed by atoms with E-state index in [0.29, 0.717) is 6.54 Å². The molecule has 0 aliphatic rings. The third kappa shape index (κ3) is 2.82. The summed E-state index contributed by atoms with van der Waals surface area (Å²) in [6.45, 7) is 2.33. The molecule has 2 aromatic rings. The number of amides is 1. The summed E-state index contributed by atoms with van der Waals surface area (Å²) in [5.41, 5.74) is 0.0166. The Morgan fingerprint density at radius 2 is 2.44 bits per heavy atom. The Bertz CT molecular complexity index is 526. The third-order valence-electron chi connectivity index (χ3n) is 2.31. The Balaban J connectivity index is 1.97. The molecule has 2 heterocycles. The summed E-state index contributed by atoms with van der Waals surface area (Å²) in [7, 11) is 0. The van der Waals surface area contributed by atoms with Crippen molar-refractivity contribution in [2.45, 2.75) is 19.5 Å². The number of hydrogen-bond acceptors (Lipinski definition) is 5. The van der Waals surface area contributed by atoms with E-state index in [2.05, 4.69) is 20.4 Å². The van der Waals surface area contributed by atoms with Crippen molar-refractivity contribution in [3.63, 3.8) is 0 Å². The van der Waals surface area contributed by atoms with Crippen LogP contribution >= 0.6 is 0 Å². The number of nitrogens with zero attached hydrogens (tertiary/aromatic N) is 4. The predicted octanol–water partition coefficient (Wildman–Crippen LogP) is 0.197. The summed E-state index contributed by atoms with van der Waals surface area (Å²) >= 11 is 0. The fraction of sp³-hybridized carbons (Fsp3) is 0.273. The summed E-state index contributed by atoms with van der Waals surface area (Å²) in [6, 6.07) is 2.83. The number of hydrogen-bond donors (Lipinski definition) is 2. The van der Waals surface area contributed by atoms with Crippen molar-refractivity contribution in [2.24, 2.45) is 0 Å². The lowest BCUT2D eigenvalue weighted by Gasteiger charge is -2.13. The number of carbonyl (C=O) groups excluding carboxylic acids is 1. The SMILES string of the molecule is CC(Cn1cncn1)NC(=O)c1ncccc1O. The monoisotopic (exact) mass is 247 g/mol. The lowest BCUT2D eigenvalue weighted by Crippen LogP contribution is -2.36. The standard InChI is InChI=1S/C11H13N5O2/c1-8(5-16-7-12-6-14-16)15-11(18)10-9(17)3-2-4-13-10/h2-4,6-8,17H,5H2,1H3,(H,15,18). The van der Waals surface area contributed by atoms with E-state index < -0.39 is 5.91 Å². The highest BCUT2D eigenvalue weighted by molar-refractivity contribution is 5.94. The van der Waals surface area contributed by atoms with Crippen molar-refractivity contribution in [3.05, 3.63) is 36.7 Å². The molecule has 0 aliphatic carbocycles. The summed E-state index contributed by atoms with van der Waals surface area (Å²) in [5.74, 6) is -0.552. The Kier molecular flexibility index (Phi) is 3.52. The number of rotatable bonds is 4. The van der Waals surface area contributed by atoms with E-state index >= 15 is 0 Å². The van der Waals surface area contributed by atoms with Crippen LogP contribution in [-0.4, -0.2) is 36.8 Å². The molecule has 1 amide bonds. The highest BCUT2D eigenvalue weighted by Gasteiger charge is 2.14. The maximum Gasteiger partial charge on any atom is 0.274 e. The van der Waals surface area contributed by atoms with Crippen molar-refractivity contribution >= 4 is 5.91 Å². The number of carbonyl (C=O) groups is 1. The first kappa shape index (κ1) is 12.0. The zero-order chi connectivity index (χ0) is 13.0. The summed E-state index contributed by atoms with van der Waals surface area (Å²) in [6.07, 6.45) is 4.46. The van der Waals surface area contributed by atoms with Crippen LogP contribution < -0.4 is 5.32 Å². The molecule has 0 saturated carbocycles. The third-order valence-corrected chi connectivity index (χ3v) is 2.31. The van der Waals surface area contributed by atoms with Gasteiger partial charge in [-0.1, -0.05) is 0 Å². The van der Waals surface area contributed by atoms with Crippen molar-refractivity contribution in [3.8, 4) is 5.75 Å². The lowest BCUT2D eigenvalue weighted by molar-refractivity contribution is 0.0928. The lowest BCUT2D eigenvalue weighted by atomic mass is 10.2. The number of aromatic hydroxyl groups is 1. The highest BCUT2D eigenvalue weighted by atomic mass is 16.3. The van der Waals surface area contributed by atoms with E-state index in [0.717, 1.165) is 0 Å². The zero-order valence-corrected chi connectivity index (χ0v) is 9.82. The van der Waals surface area contributed by atoms with Crippen LogP contribution in [0, 0.1) is 0 Å². The number of pyridine rings is 1. The van der Waals surface area contributed by atoms with E-state index in [1.165, 1.54) is 18.6 Å². The smallest absolute Gasteiger partial charge is 0.274 e. The average molecular weight is 247 g/mol. The summed E-state index contributed by atoms with van der Waals surface area (Å²) < 4.78 is 1.61. The van der Waals surface area contributed by atoms with E-state index in [-0.39, 0.29) is 17.5 Å². The molecule has 1 unspecified atom stereocenters. The van der Waals surface area contributed by atoms with Gasteiger partial charge in [-0.2, -0.15) is 5.10 Å². The second-order valence-corrected chi connectivity index (χ2v) is 3.86. The van der Waals surface area contributed by atoms with Crippen molar-refractivity contribution in [2.75, 3.05) is 0 Å². The molecule has 94 valence electrons. The molecule has 0 bridgehead atoms. The fourth-order valence-electron chi connectivity index (χ4n) is 1.52. The van der Waals surface area contributed by atoms with Gasteiger partial charge in [-0.3, -0.25) is 9.48 Å². The van der Waals surface area contributed by atoms with Crippen LogP contribution in [0.4, 0.5) is 0 Å². The van der Waals surface area contributed by atoms with Gasteiger partial charge in [0.1, 0.15) is 18.4 Å². The number of nitrogens with one attached hydrogen (secondary N) is 1. The molecule has 0 fully saturated rings. The van der Waals surface area contributed by atoms with Crippen LogP contribution in [-0.2, 0) is 6.54 Å². The molecule has 0 aromatic carbocycles. The normalized spacial score (nSPS) is 12.1. The molecule has 2 rings (SSSR count). The van der Waals surface area contributed by atoms with Crippen LogP contribution in [0.2, 0.25) is 0 Å². The molecule has 18 heavy (non-hydrogen) atoms. The minimum absolute atomic E-state index is 0.0166. The van der Waals surface area contributed by atoms with Crippen molar-refractivity contribution in [1.29, 1.82) is 0 Å². The van der Waals surface area contributed by atoms with Crippen LogP contribution in [0.15, 0.2) is 31.0 Å². The molecule has 0 radical (unpaired) electrons. The maximum atomic E-state index is 11.8. The van der Waals surface area contributed by atoms with Gasteiger partial charge in [-0.15, -0.1) is 0 Å². The van der Waals surface area contributed by atoms with Crippen molar-refractivity contribution < 1.29 is 9.90 Å². The predicted molar refractivity (Wildman–Crippen MR) is 62.9 cm³/mol. The van der Waals surface area contributed by atoms with Gasteiger partial charge in [0.15, 0.2) is 5.69 Å². The molecule has 7 heteroatoms. The Hall–Kier alpha value is -2.44. The Morgan fingerprint density at radius 3 is 3.11 bits per heavy atom. The quantitative estimate of drug-likeness (QED) is 0.805. The highest BCUT2D eigenvalue weighted by Crippen LogP contribution is 2.12. The van der Waals surface area contributed by atoms with E-state index in [4.69, 9.17) is 0 Å². The molecule has 1 atom stereocenters. The van der Waals surface area contributed by atoms with Crippen LogP contribution in [0.3, 0.4) is 0 Å². The molecular weight excluding hydrogens is 234 g/mol. The van der Waals surface area contributed by atoms with Gasteiger partial charge < -0.3 is 10.4 Å². The first-order valence-corrected chi connectivity index (χ1v) is 5.44. The minimum Gasteiger partial charge on any atom is -0.505 e. The van der Waals surface area contributed by atoms with E-state index in [1.54, 1.807) is 17.1 Å². The fourth-order valence-corrected chi connectivity index (χ4v) is 1.52. The minimum atomic E-state index is -0.416. The largest absolute Gasteiger partial charge is 0.505 e. The molecule has 0 saturated heterocycles. The molecule has 7 nitrogen and oxygen atoms in total. The van der Waals surface area contributed by atoms with Gasteiger partial charge in [0, 0.05) is 12.2 Å². The van der Waals surface area contributed by atoms with Gasteiger partial charge in [-0.25, -0.2) is 9.97 Å². The summed E-state index contributed by atoms with van der Waals surface area (Å²) in [5, 5.41) is 16.2. The van der Waals surface area contributed by atoms with E-state index in [9.17, 15) is 9.90 Å². The van der Waals surface area contributed by atoms with Gasteiger partial charge in [0.05, 0.1) is 6.54 Å². The van der Waals surface area contributed by atoms with Gasteiger partial charge >= 0.3 is 0 Å². The first-order valence-electron chi connectivity index (χ1n) is 5.44. The molecule has 2 N–H and O–H groups in total. The molecule has 0 aliphatic heterocycles. The maximum absolute atomic E-state index is 11.8. The van der Waals surface area contributed by atoms with Gasteiger partial charge in [-0.05, 0) is 19.1 Å². The number of aromatic nitrogens is 4. The zero-order valence-electron chi connectivity index (χ0n) is 9.82. The van der Waals surface area contributed by atoms with Crippen molar-refractivity contribution in [1.82, 2.24) is 25.1 Å². The molecular formula is C11H13N5O2. The second kappa shape index (κ2) is 5.26. The van der Waals surface area contributed by atoms with Gasteiger partial charge in [0.2, 0.25) is 0 Å². The average Bonchev–Trinajstić information content (AvgIpc) is 2.82. The topological polar surface area (TPSA) is 92.9 Å². The van der Waals surface area contributed by atoms with Crippen LogP contribution in [0.1, 0.15) is 17.4 Å². The first-order chi connectivity index (χ1) is 8.66. The molecule has 2 aromatic heterocycles. The Morgan fingerprint density at radius 1 is 1.61 bits per heavy atom. The second-order valence-electron chi connectivity index (χ2n) is 3.86.